The van der Waals surface area contributed by atoms with Gasteiger partial charge in [0.15, 0.2) is 0 Å². The molecule has 0 radical (unpaired) electrons. The molecule has 1 aromatic heterocycles. The minimum Gasteiger partial charge on any atom is -0.328 e. The average molecular weight is 207 g/mol. The Bertz CT molecular complexity index is 259. The lowest BCUT2D eigenvalue weighted by molar-refractivity contribution is 0.315. The lowest BCUT2D eigenvalue weighted by atomic mass is 10.2. The monoisotopic (exact) mass is 207 g/mol. The molecule has 84 valence electrons. The van der Waals surface area contributed by atoms with Crippen molar-refractivity contribution in [3.05, 3.63) is 30.1 Å². The van der Waals surface area contributed by atoms with Crippen molar-refractivity contribution in [1.29, 1.82) is 0 Å². The van der Waals surface area contributed by atoms with Gasteiger partial charge in [0, 0.05) is 25.0 Å². The zero-order valence-corrected chi connectivity index (χ0v) is 9.69. The summed E-state index contributed by atoms with van der Waals surface area (Å²) in [5.74, 6) is 0. The van der Waals surface area contributed by atoms with Gasteiger partial charge in [-0.05, 0) is 51.1 Å². The van der Waals surface area contributed by atoms with Crippen molar-refractivity contribution in [2.24, 2.45) is 5.73 Å². The van der Waals surface area contributed by atoms with Crippen LogP contribution >= 0.6 is 0 Å². The largest absolute Gasteiger partial charge is 0.328 e. The molecule has 1 heterocycles. The third-order valence-corrected chi connectivity index (χ3v) is 2.40. The standard InChI is InChI=1S/C12H21N3/c1-11(13)4-3-9-15(2)10-12-5-7-14-8-6-12/h5-8,11H,3-4,9-10,13H2,1-2H3. The summed E-state index contributed by atoms with van der Waals surface area (Å²) in [5, 5.41) is 0. The van der Waals surface area contributed by atoms with Crippen molar-refractivity contribution in [2.75, 3.05) is 13.6 Å². The first-order valence-corrected chi connectivity index (χ1v) is 5.51. The Balaban J connectivity index is 2.21. The Hall–Kier alpha value is -0.930. The van der Waals surface area contributed by atoms with Crippen LogP contribution in [0.4, 0.5) is 0 Å². The lowest BCUT2D eigenvalue weighted by Crippen LogP contribution is -2.22. The van der Waals surface area contributed by atoms with Crippen LogP contribution < -0.4 is 5.73 Å². The van der Waals surface area contributed by atoms with Crippen LogP contribution in [-0.2, 0) is 6.54 Å². The maximum Gasteiger partial charge on any atom is 0.0271 e. The van der Waals surface area contributed by atoms with Gasteiger partial charge >= 0.3 is 0 Å². The Kier molecular flexibility index (Phi) is 5.29. The third kappa shape index (κ3) is 5.50. The van der Waals surface area contributed by atoms with Gasteiger partial charge in [0.2, 0.25) is 0 Å². The van der Waals surface area contributed by atoms with Gasteiger partial charge in [-0.1, -0.05) is 0 Å². The van der Waals surface area contributed by atoms with Gasteiger partial charge in [-0.25, -0.2) is 0 Å². The lowest BCUT2D eigenvalue weighted by Gasteiger charge is -2.16. The van der Waals surface area contributed by atoms with Gasteiger partial charge in [-0.15, -0.1) is 0 Å². The first kappa shape index (κ1) is 12.1. The predicted octanol–water partition coefficient (Wildman–Crippen LogP) is 1.64. The predicted molar refractivity (Wildman–Crippen MR) is 63.5 cm³/mol. The average Bonchev–Trinajstić information content (AvgIpc) is 2.18. The van der Waals surface area contributed by atoms with Gasteiger partial charge < -0.3 is 10.6 Å². The van der Waals surface area contributed by atoms with Crippen LogP contribution in [-0.4, -0.2) is 29.5 Å². The van der Waals surface area contributed by atoms with Crippen LogP contribution in [0, 0.1) is 0 Å². The Morgan fingerprint density at radius 3 is 2.67 bits per heavy atom. The van der Waals surface area contributed by atoms with Crippen LogP contribution in [0.2, 0.25) is 0 Å². The molecule has 0 spiro atoms. The summed E-state index contributed by atoms with van der Waals surface area (Å²) in [6.07, 6.45) is 5.94. The molecule has 0 aliphatic carbocycles. The molecule has 0 aliphatic rings. The molecule has 0 amide bonds. The van der Waals surface area contributed by atoms with E-state index in [0.29, 0.717) is 6.04 Å². The van der Waals surface area contributed by atoms with Crippen molar-refractivity contribution in [2.45, 2.75) is 32.4 Å². The number of pyridine rings is 1. The van der Waals surface area contributed by atoms with Crippen LogP contribution in [0.15, 0.2) is 24.5 Å². The Labute approximate surface area is 92.3 Å². The number of hydrogen-bond donors (Lipinski definition) is 1. The molecule has 1 rings (SSSR count). The van der Waals surface area contributed by atoms with Gasteiger partial charge in [0.25, 0.3) is 0 Å². The molecule has 1 aromatic rings. The molecule has 15 heavy (non-hydrogen) atoms. The normalized spacial score (nSPS) is 13.1. The fourth-order valence-electron chi connectivity index (χ4n) is 1.56. The summed E-state index contributed by atoms with van der Waals surface area (Å²) in [5.41, 5.74) is 7.02. The first-order valence-electron chi connectivity index (χ1n) is 5.51. The van der Waals surface area contributed by atoms with Gasteiger partial charge in [-0.3, -0.25) is 4.98 Å². The molecule has 1 unspecified atom stereocenters. The highest BCUT2D eigenvalue weighted by atomic mass is 15.1. The Morgan fingerprint density at radius 1 is 1.40 bits per heavy atom. The molecular weight excluding hydrogens is 186 g/mol. The SMILES string of the molecule is CC(N)CCCN(C)Cc1ccncc1. The topological polar surface area (TPSA) is 42.1 Å². The summed E-state index contributed by atoms with van der Waals surface area (Å²) in [7, 11) is 2.14. The van der Waals surface area contributed by atoms with E-state index in [9.17, 15) is 0 Å². The maximum atomic E-state index is 5.70. The van der Waals surface area contributed by atoms with E-state index in [1.807, 2.05) is 12.4 Å². The quantitative estimate of drug-likeness (QED) is 0.771. The van der Waals surface area contributed by atoms with Crippen molar-refractivity contribution >= 4 is 0 Å². The number of nitrogens with two attached hydrogens (primary N) is 1. The summed E-state index contributed by atoms with van der Waals surface area (Å²) >= 11 is 0. The van der Waals surface area contributed by atoms with E-state index in [2.05, 4.69) is 36.0 Å². The highest BCUT2D eigenvalue weighted by Crippen LogP contribution is 2.03. The molecule has 3 heteroatoms. The second-order valence-electron chi connectivity index (χ2n) is 4.21. The fraction of sp³-hybridized carbons (Fsp3) is 0.583. The molecule has 2 N–H and O–H groups in total. The summed E-state index contributed by atoms with van der Waals surface area (Å²) in [6.45, 7) is 4.15. The summed E-state index contributed by atoms with van der Waals surface area (Å²) in [4.78, 5) is 6.32. The van der Waals surface area contributed by atoms with Crippen LogP contribution in [0.1, 0.15) is 25.3 Å². The molecule has 0 aliphatic heterocycles. The summed E-state index contributed by atoms with van der Waals surface area (Å²) < 4.78 is 0. The molecule has 3 nitrogen and oxygen atoms in total. The number of nitrogens with zero attached hydrogens (tertiary/aromatic N) is 2. The first-order chi connectivity index (χ1) is 7.18. The third-order valence-electron chi connectivity index (χ3n) is 2.40. The molecule has 0 aromatic carbocycles. The maximum absolute atomic E-state index is 5.70. The zero-order valence-electron chi connectivity index (χ0n) is 9.69. The van der Waals surface area contributed by atoms with E-state index in [1.165, 1.54) is 12.0 Å². The van der Waals surface area contributed by atoms with Crippen molar-refractivity contribution in [3.63, 3.8) is 0 Å². The summed E-state index contributed by atoms with van der Waals surface area (Å²) in [6, 6.07) is 4.43. The molecule has 0 saturated heterocycles. The van der Waals surface area contributed by atoms with E-state index in [1.54, 1.807) is 0 Å². The van der Waals surface area contributed by atoms with Crippen LogP contribution in [0.25, 0.3) is 0 Å². The second kappa shape index (κ2) is 6.53. The number of rotatable bonds is 6. The number of hydrogen-bond acceptors (Lipinski definition) is 3. The van der Waals surface area contributed by atoms with Gasteiger partial charge in [0.05, 0.1) is 0 Å². The highest BCUT2D eigenvalue weighted by Gasteiger charge is 2.00. The van der Waals surface area contributed by atoms with Gasteiger partial charge in [0.1, 0.15) is 0 Å². The smallest absolute Gasteiger partial charge is 0.0271 e. The zero-order chi connectivity index (χ0) is 11.1. The van der Waals surface area contributed by atoms with E-state index < -0.39 is 0 Å². The van der Waals surface area contributed by atoms with Crippen LogP contribution in [0.5, 0.6) is 0 Å². The van der Waals surface area contributed by atoms with E-state index in [4.69, 9.17) is 5.73 Å². The highest BCUT2D eigenvalue weighted by molar-refractivity contribution is 5.09. The van der Waals surface area contributed by atoms with E-state index in [-0.39, 0.29) is 0 Å². The number of aromatic nitrogens is 1. The fourth-order valence-corrected chi connectivity index (χ4v) is 1.56. The molecule has 1 atom stereocenters. The molecule has 0 saturated carbocycles. The second-order valence-corrected chi connectivity index (χ2v) is 4.21. The molecule has 0 bridgehead atoms. The minimum atomic E-state index is 0.319. The Morgan fingerprint density at radius 2 is 2.07 bits per heavy atom. The van der Waals surface area contributed by atoms with E-state index in [0.717, 1.165) is 19.5 Å². The van der Waals surface area contributed by atoms with E-state index >= 15 is 0 Å². The van der Waals surface area contributed by atoms with Crippen LogP contribution in [0.3, 0.4) is 0 Å². The van der Waals surface area contributed by atoms with Crippen molar-refractivity contribution < 1.29 is 0 Å². The molecule has 0 fully saturated rings. The van der Waals surface area contributed by atoms with Crippen molar-refractivity contribution in [3.8, 4) is 0 Å². The molecular formula is C12H21N3. The van der Waals surface area contributed by atoms with Crippen molar-refractivity contribution in [1.82, 2.24) is 9.88 Å². The minimum absolute atomic E-state index is 0.319. The van der Waals surface area contributed by atoms with Gasteiger partial charge in [-0.2, -0.15) is 0 Å².